The highest BCUT2D eigenvalue weighted by Crippen LogP contribution is 2.23. The maximum absolute atomic E-state index is 12.3. The molecule has 0 unspecified atom stereocenters. The van der Waals surface area contributed by atoms with E-state index in [9.17, 15) is 9.59 Å². The zero-order valence-corrected chi connectivity index (χ0v) is 15.0. The molecule has 134 valence electrons. The van der Waals surface area contributed by atoms with Gasteiger partial charge in [-0.1, -0.05) is 29.8 Å². The van der Waals surface area contributed by atoms with Crippen LogP contribution in [0.15, 0.2) is 54.7 Å². The smallest absolute Gasteiger partial charge is 0.253 e. The fraction of sp³-hybridized carbons (Fsp3) is 0.250. The summed E-state index contributed by atoms with van der Waals surface area (Å²) in [7, 11) is 0. The van der Waals surface area contributed by atoms with Crippen molar-refractivity contribution in [2.75, 3.05) is 5.32 Å². The third-order valence-electron chi connectivity index (χ3n) is 4.21. The van der Waals surface area contributed by atoms with Crippen LogP contribution in [0.2, 0.25) is 5.02 Å². The van der Waals surface area contributed by atoms with Crippen molar-refractivity contribution in [3.05, 3.63) is 71.0 Å². The Bertz CT molecular complexity index is 821. The molecule has 1 aromatic heterocycles. The first-order valence-electron chi connectivity index (χ1n) is 8.56. The summed E-state index contributed by atoms with van der Waals surface area (Å²) in [6, 6.07) is 10.4. The predicted molar refractivity (Wildman–Crippen MR) is 102 cm³/mol. The molecule has 0 saturated heterocycles. The average Bonchev–Trinajstić information content (AvgIpc) is 3.13. The standard InChI is InChI=1S/C20H20ClN3O2/c21-18-12-15(24-19(25)11-14-5-1-2-6-14)8-9-17(18)20(26)23-13-16-7-3-4-10-22-16/h1,3-5,7-10,12,14H,2,6,11,13H2,(H,23,26)(H,24,25)/t14-/m0/s1. The fourth-order valence-electron chi connectivity index (χ4n) is 2.86. The van der Waals surface area contributed by atoms with Gasteiger partial charge in [-0.25, -0.2) is 0 Å². The lowest BCUT2D eigenvalue weighted by Crippen LogP contribution is -2.23. The highest BCUT2D eigenvalue weighted by atomic mass is 35.5. The van der Waals surface area contributed by atoms with Crippen molar-refractivity contribution >= 4 is 29.1 Å². The Morgan fingerprint density at radius 2 is 2.12 bits per heavy atom. The minimum Gasteiger partial charge on any atom is -0.346 e. The van der Waals surface area contributed by atoms with Gasteiger partial charge in [0.05, 0.1) is 22.8 Å². The Morgan fingerprint density at radius 1 is 1.23 bits per heavy atom. The summed E-state index contributed by atoms with van der Waals surface area (Å²) in [5, 5.41) is 5.91. The van der Waals surface area contributed by atoms with Gasteiger partial charge in [-0.15, -0.1) is 0 Å². The number of hydrogen-bond donors (Lipinski definition) is 2. The number of carbonyl (C=O) groups is 2. The Morgan fingerprint density at radius 3 is 2.81 bits per heavy atom. The van der Waals surface area contributed by atoms with Gasteiger partial charge in [0.15, 0.2) is 0 Å². The number of aromatic nitrogens is 1. The predicted octanol–water partition coefficient (Wildman–Crippen LogP) is 3.96. The molecule has 1 aliphatic carbocycles. The van der Waals surface area contributed by atoms with Gasteiger partial charge in [-0.3, -0.25) is 14.6 Å². The third-order valence-corrected chi connectivity index (χ3v) is 4.53. The van der Waals surface area contributed by atoms with Crippen LogP contribution in [0.1, 0.15) is 35.3 Å². The average molecular weight is 370 g/mol. The van der Waals surface area contributed by atoms with Crippen molar-refractivity contribution in [3.8, 4) is 0 Å². The molecule has 2 N–H and O–H groups in total. The molecule has 0 radical (unpaired) electrons. The molecular formula is C20H20ClN3O2. The van der Waals surface area contributed by atoms with Gasteiger partial charge in [0, 0.05) is 18.3 Å². The van der Waals surface area contributed by atoms with Crippen LogP contribution >= 0.6 is 11.6 Å². The Hall–Kier alpha value is -2.66. The minimum absolute atomic E-state index is 0.0510. The number of allylic oxidation sites excluding steroid dienone is 2. The molecule has 1 atom stereocenters. The van der Waals surface area contributed by atoms with Gasteiger partial charge in [0.2, 0.25) is 5.91 Å². The van der Waals surface area contributed by atoms with Crippen LogP contribution < -0.4 is 10.6 Å². The van der Waals surface area contributed by atoms with E-state index in [1.54, 1.807) is 24.4 Å². The van der Waals surface area contributed by atoms with Crippen molar-refractivity contribution in [2.24, 2.45) is 5.92 Å². The molecule has 1 aliphatic rings. The molecule has 3 rings (SSSR count). The topological polar surface area (TPSA) is 71.1 Å². The van der Waals surface area contributed by atoms with Crippen LogP contribution in [0.4, 0.5) is 5.69 Å². The second-order valence-electron chi connectivity index (χ2n) is 6.22. The molecule has 1 heterocycles. The van der Waals surface area contributed by atoms with Crippen LogP contribution in [0.25, 0.3) is 0 Å². The number of amides is 2. The molecule has 2 aromatic rings. The summed E-state index contributed by atoms with van der Waals surface area (Å²) in [4.78, 5) is 28.5. The number of nitrogens with zero attached hydrogens (tertiary/aromatic N) is 1. The van der Waals surface area contributed by atoms with Gasteiger partial charge in [-0.2, -0.15) is 0 Å². The van der Waals surface area contributed by atoms with Gasteiger partial charge in [0.1, 0.15) is 0 Å². The van der Waals surface area contributed by atoms with Crippen molar-refractivity contribution < 1.29 is 9.59 Å². The van der Waals surface area contributed by atoms with E-state index in [1.807, 2.05) is 18.2 Å². The molecule has 26 heavy (non-hydrogen) atoms. The van der Waals surface area contributed by atoms with Crippen LogP contribution in [-0.4, -0.2) is 16.8 Å². The van der Waals surface area contributed by atoms with Crippen LogP contribution in [0.3, 0.4) is 0 Å². The molecular weight excluding hydrogens is 350 g/mol. The molecule has 5 nitrogen and oxygen atoms in total. The van der Waals surface area contributed by atoms with Gasteiger partial charge in [0.25, 0.3) is 5.91 Å². The van der Waals surface area contributed by atoms with E-state index in [1.165, 1.54) is 0 Å². The molecule has 0 bridgehead atoms. The first kappa shape index (κ1) is 18.1. The molecule has 2 amide bonds. The highest BCUT2D eigenvalue weighted by molar-refractivity contribution is 6.34. The minimum atomic E-state index is -0.283. The monoisotopic (exact) mass is 369 g/mol. The number of halogens is 1. The lowest BCUT2D eigenvalue weighted by molar-refractivity contribution is -0.116. The summed E-state index contributed by atoms with van der Waals surface area (Å²) in [5.74, 6) is -0.0262. The van der Waals surface area contributed by atoms with E-state index in [0.29, 0.717) is 35.2 Å². The SMILES string of the molecule is O=C(C[C@H]1C=CCC1)Nc1ccc(C(=O)NCc2ccccn2)c(Cl)c1. The van der Waals surface area contributed by atoms with Crippen LogP contribution in [0.5, 0.6) is 0 Å². The first-order valence-corrected chi connectivity index (χ1v) is 8.94. The lowest BCUT2D eigenvalue weighted by Gasteiger charge is -2.11. The zero-order valence-electron chi connectivity index (χ0n) is 14.2. The van der Waals surface area contributed by atoms with E-state index in [2.05, 4.69) is 27.8 Å². The Kier molecular flexibility index (Phi) is 6.02. The number of nitrogens with one attached hydrogen (secondary N) is 2. The number of hydrogen-bond acceptors (Lipinski definition) is 3. The summed E-state index contributed by atoms with van der Waals surface area (Å²) < 4.78 is 0. The number of pyridine rings is 1. The van der Waals surface area contributed by atoms with Crippen LogP contribution in [-0.2, 0) is 11.3 Å². The largest absolute Gasteiger partial charge is 0.346 e. The lowest BCUT2D eigenvalue weighted by atomic mass is 10.0. The maximum Gasteiger partial charge on any atom is 0.253 e. The van der Waals surface area contributed by atoms with Crippen molar-refractivity contribution in [1.29, 1.82) is 0 Å². The number of benzene rings is 1. The quantitative estimate of drug-likeness (QED) is 0.757. The van der Waals surface area contributed by atoms with E-state index in [-0.39, 0.29) is 11.8 Å². The normalized spacial score (nSPS) is 15.7. The molecule has 6 heteroatoms. The van der Waals surface area contributed by atoms with Gasteiger partial charge >= 0.3 is 0 Å². The number of carbonyl (C=O) groups excluding carboxylic acids is 2. The van der Waals surface area contributed by atoms with Crippen LogP contribution in [0, 0.1) is 5.92 Å². The fourth-order valence-corrected chi connectivity index (χ4v) is 3.13. The summed E-state index contributed by atoms with van der Waals surface area (Å²) in [5.41, 5.74) is 1.71. The van der Waals surface area contributed by atoms with Crippen molar-refractivity contribution in [3.63, 3.8) is 0 Å². The Balaban J connectivity index is 1.57. The molecule has 0 spiro atoms. The van der Waals surface area contributed by atoms with Gasteiger partial charge < -0.3 is 10.6 Å². The van der Waals surface area contributed by atoms with Crippen molar-refractivity contribution in [1.82, 2.24) is 10.3 Å². The second-order valence-corrected chi connectivity index (χ2v) is 6.62. The summed E-state index contributed by atoms with van der Waals surface area (Å²) >= 11 is 6.22. The van der Waals surface area contributed by atoms with Crippen molar-refractivity contribution in [2.45, 2.75) is 25.8 Å². The number of anilines is 1. The number of rotatable bonds is 6. The van der Waals surface area contributed by atoms with E-state index >= 15 is 0 Å². The highest BCUT2D eigenvalue weighted by Gasteiger charge is 2.15. The Labute approximate surface area is 157 Å². The maximum atomic E-state index is 12.3. The summed E-state index contributed by atoms with van der Waals surface area (Å²) in [6.45, 7) is 0.323. The van der Waals surface area contributed by atoms with E-state index < -0.39 is 0 Å². The third kappa shape index (κ3) is 4.92. The van der Waals surface area contributed by atoms with E-state index in [4.69, 9.17) is 11.6 Å². The molecule has 0 aliphatic heterocycles. The van der Waals surface area contributed by atoms with Gasteiger partial charge in [-0.05, 0) is 49.1 Å². The second kappa shape index (κ2) is 8.63. The molecule has 0 fully saturated rings. The molecule has 0 saturated carbocycles. The van der Waals surface area contributed by atoms with E-state index in [0.717, 1.165) is 18.5 Å². The zero-order chi connectivity index (χ0) is 18.4. The molecule has 1 aromatic carbocycles. The summed E-state index contributed by atoms with van der Waals surface area (Å²) in [6.07, 6.45) is 8.37. The first-order chi connectivity index (χ1) is 12.6.